The highest BCUT2D eigenvalue weighted by Gasteiger charge is 2.04. The maximum atomic E-state index is 5.76. The lowest BCUT2D eigenvalue weighted by Gasteiger charge is -2.02. The van der Waals surface area contributed by atoms with E-state index in [2.05, 4.69) is 25.2 Å². The van der Waals surface area contributed by atoms with Gasteiger partial charge in [0.05, 0.1) is 13.2 Å². The molecular formula is C15H21NO2. The van der Waals surface area contributed by atoms with Gasteiger partial charge in [0.1, 0.15) is 17.1 Å². The van der Waals surface area contributed by atoms with Crippen molar-refractivity contribution in [2.45, 2.75) is 33.2 Å². The van der Waals surface area contributed by atoms with Gasteiger partial charge in [-0.3, -0.25) is 0 Å². The lowest BCUT2D eigenvalue weighted by Crippen LogP contribution is -2.12. The Morgan fingerprint density at radius 2 is 2.06 bits per heavy atom. The van der Waals surface area contributed by atoms with Gasteiger partial charge in [0.25, 0.3) is 0 Å². The first-order valence-electron chi connectivity index (χ1n) is 6.69. The monoisotopic (exact) mass is 247 g/mol. The minimum Gasteiger partial charge on any atom is -0.494 e. The summed E-state index contributed by atoms with van der Waals surface area (Å²) in [5.41, 5.74) is 0.923. The molecule has 0 atom stereocenters. The van der Waals surface area contributed by atoms with Gasteiger partial charge >= 0.3 is 0 Å². The third kappa shape index (κ3) is 3.26. The number of nitrogens with one attached hydrogen (secondary N) is 1. The normalized spacial score (nSPS) is 11.0. The standard InChI is InChI=1S/C15H21NO2/c1-3-7-16-11-14-10-12-9-13(17-8-4-2)5-6-15(12)18-14/h5-6,9-10,16H,3-4,7-8,11H2,1-2H3. The first-order chi connectivity index (χ1) is 8.83. The number of ether oxygens (including phenoxy) is 1. The minimum atomic E-state index is 0.758. The Balaban J connectivity index is 2.07. The molecule has 2 rings (SSSR count). The maximum Gasteiger partial charge on any atom is 0.134 e. The van der Waals surface area contributed by atoms with Crippen LogP contribution in [-0.4, -0.2) is 13.2 Å². The van der Waals surface area contributed by atoms with Crippen molar-refractivity contribution in [2.75, 3.05) is 13.2 Å². The third-order valence-corrected chi connectivity index (χ3v) is 2.74. The second-order valence-electron chi connectivity index (χ2n) is 4.44. The highest BCUT2D eigenvalue weighted by atomic mass is 16.5. The van der Waals surface area contributed by atoms with Crippen molar-refractivity contribution in [3.8, 4) is 5.75 Å². The van der Waals surface area contributed by atoms with Gasteiger partial charge in [-0.25, -0.2) is 0 Å². The first kappa shape index (κ1) is 13.0. The lowest BCUT2D eigenvalue weighted by atomic mass is 10.2. The molecule has 0 saturated heterocycles. The molecule has 3 nitrogen and oxygen atoms in total. The molecule has 0 unspecified atom stereocenters. The zero-order valence-corrected chi connectivity index (χ0v) is 11.2. The van der Waals surface area contributed by atoms with Crippen molar-refractivity contribution in [2.24, 2.45) is 0 Å². The number of rotatable bonds is 7. The Morgan fingerprint density at radius 3 is 2.83 bits per heavy atom. The lowest BCUT2D eigenvalue weighted by molar-refractivity contribution is 0.318. The average molecular weight is 247 g/mol. The van der Waals surface area contributed by atoms with E-state index in [4.69, 9.17) is 9.15 Å². The fourth-order valence-electron chi connectivity index (χ4n) is 1.86. The number of benzene rings is 1. The Bertz CT molecular complexity index is 490. The Labute approximate surface area is 108 Å². The molecule has 1 heterocycles. The van der Waals surface area contributed by atoms with Crippen molar-refractivity contribution in [1.29, 1.82) is 0 Å². The zero-order chi connectivity index (χ0) is 12.8. The van der Waals surface area contributed by atoms with Gasteiger partial charge in [0, 0.05) is 5.39 Å². The van der Waals surface area contributed by atoms with Gasteiger partial charge in [-0.2, -0.15) is 0 Å². The molecular weight excluding hydrogens is 226 g/mol. The van der Waals surface area contributed by atoms with Crippen LogP contribution in [0.5, 0.6) is 5.75 Å². The van der Waals surface area contributed by atoms with Crippen LogP contribution in [-0.2, 0) is 6.54 Å². The van der Waals surface area contributed by atoms with E-state index in [1.54, 1.807) is 0 Å². The summed E-state index contributed by atoms with van der Waals surface area (Å²) in [5, 5.41) is 4.44. The van der Waals surface area contributed by atoms with Gasteiger partial charge in [-0.1, -0.05) is 13.8 Å². The third-order valence-electron chi connectivity index (χ3n) is 2.74. The molecule has 0 bridgehead atoms. The topological polar surface area (TPSA) is 34.4 Å². The molecule has 0 aliphatic carbocycles. The van der Waals surface area contributed by atoms with Crippen molar-refractivity contribution in [3.05, 3.63) is 30.0 Å². The molecule has 98 valence electrons. The predicted octanol–water partition coefficient (Wildman–Crippen LogP) is 3.72. The molecule has 0 amide bonds. The molecule has 3 heteroatoms. The van der Waals surface area contributed by atoms with Crippen LogP contribution >= 0.6 is 0 Å². The summed E-state index contributed by atoms with van der Waals surface area (Å²) in [6.07, 6.45) is 2.16. The zero-order valence-electron chi connectivity index (χ0n) is 11.2. The van der Waals surface area contributed by atoms with Crippen LogP contribution in [0.2, 0.25) is 0 Å². The van der Waals surface area contributed by atoms with Crippen LogP contribution in [0.1, 0.15) is 32.4 Å². The van der Waals surface area contributed by atoms with E-state index in [-0.39, 0.29) is 0 Å². The second kappa shape index (κ2) is 6.45. The summed E-state index contributed by atoms with van der Waals surface area (Å²) in [6.45, 7) is 6.82. The van der Waals surface area contributed by atoms with Crippen molar-refractivity contribution in [3.63, 3.8) is 0 Å². The Hall–Kier alpha value is -1.48. The van der Waals surface area contributed by atoms with Crippen molar-refractivity contribution in [1.82, 2.24) is 5.32 Å². The van der Waals surface area contributed by atoms with Gasteiger partial charge in [0.2, 0.25) is 0 Å². The van der Waals surface area contributed by atoms with Crippen LogP contribution < -0.4 is 10.1 Å². The van der Waals surface area contributed by atoms with Gasteiger partial charge in [-0.15, -0.1) is 0 Å². The highest BCUT2D eigenvalue weighted by molar-refractivity contribution is 5.79. The SMILES string of the molecule is CCCNCc1cc2cc(OCCC)ccc2o1. The molecule has 1 N–H and O–H groups in total. The second-order valence-corrected chi connectivity index (χ2v) is 4.44. The minimum absolute atomic E-state index is 0.758. The molecule has 0 aliphatic heterocycles. The molecule has 1 aromatic heterocycles. The fraction of sp³-hybridized carbons (Fsp3) is 0.467. The first-order valence-corrected chi connectivity index (χ1v) is 6.69. The van der Waals surface area contributed by atoms with Crippen LogP contribution in [0, 0.1) is 0 Å². The summed E-state index contributed by atoms with van der Waals surface area (Å²) in [7, 11) is 0. The Kier molecular flexibility index (Phi) is 4.65. The van der Waals surface area contributed by atoms with E-state index in [0.717, 1.165) is 55.0 Å². The molecule has 0 saturated carbocycles. The van der Waals surface area contributed by atoms with Crippen LogP contribution in [0.4, 0.5) is 0 Å². The van der Waals surface area contributed by atoms with E-state index in [0.29, 0.717) is 0 Å². The number of fused-ring (bicyclic) bond motifs is 1. The molecule has 0 aliphatic rings. The smallest absolute Gasteiger partial charge is 0.134 e. The number of furan rings is 1. The van der Waals surface area contributed by atoms with Crippen molar-refractivity contribution >= 4 is 11.0 Å². The summed E-state index contributed by atoms with van der Waals surface area (Å²) >= 11 is 0. The van der Waals surface area contributed by atoms with Gasteiger partial charge < -0.3 is 14.5 Å². The van der Waals surface area contributed by atoms with E-state index >= 15 is 0 Å². The average Bonchev–Trinajstić information content (AvgIpc) is 2.78. The summed E-state index contributed by atoms with van der Waals surface area (Å²) in [6, 6.07) is 8.06. The van der Waals surface area contributed by atoms with Gasteiger partial charge in [-0.05, 0) is 43.7 Å². The number of hydrogen-bond acceptors (Lipinski definition) is 3. The van der Waals surface area contributed by atoms with E-state index in [9.17, 15) is 0 Å². The highest BCUT2D eigenvalue weighted by Crippen LogP contribution is 2.24. The van der Waals surface area contributed by atoms with Crippen LogP contribution in [0.25, 0.3) is 11.0 Å². The molecule has 0 radical (unpaired) electrons. The Morgan fingerprint density at radius 1 is 1.17 bits per heavy atom. The molecule has 1 aromatic carbocycles. The molecule has 0 fully saturated rings. The largest absolute Gasteiger partial charge is 0.494 e. The quantitative estimate of drug-likeness (QED) is 0.757. The van der Waals surface area contributed by atoms with Crippen LogP contribution in [0.15, 0.2) is 28.7 Å². The molecule has 18 heavy (non-hydrogen) atoms. The van der Waals surface area contributed by atoms with Gasteiger partial charge in [0.15, 0.2) is 0 Å². The van der Waals surface area contributed by atoms with E-state index in [1.807, 2.05) is 18.2 Å². The van der Waals surface area contributed by atoms with E-state index in [1.165, 1.54) is 0 Å². The summed E-state index contributed by atoms with van der Waals surface area (Å²) in [5.74, 6) is 1.89. The number of hydrogen-bond donors (Lipinski definition) is 1. The van der Waals surface area contributed by atoms with Crippen molar-refractivity contribution < 1.29 is 9.15 Å². The fourth-order valence-corrected chi connectivity index (χ4v) is 1.86. The summed E-state index contributed by atoms with van der Waals surface area (Å²) < 4.78 is 11.4. The predicted molar refractivity (Wildman–Crippen MR) is 74.0 cm³/mol. The van der Waals surface area contributed by atoms with E-state index < -0.39 is 0 Å². The van der Waals surface area contributed by atoms with Crippen LogP contribution in [0.3, 0.4) is 0 Å². The maximum absolute atomic E-state index is 5.76. The molecule has 2 aromatic rings. The molecule has 0 spiro atoms. The summed E-state index contributed by atoms with van der Waals surface area (Å²) in [4.78, 5) is 0.